The zero-order valence-corrected chi connectivity index (χ0v) is 62.2. The number of nitrogens with one attached hydrogen (secondary N) is 1. The van der Waals surface area contributed by atoms with Crippen molar-refractivity contribution < 1.29 is 28.5 Å². The number of nitrogens with two attached hydrogens (primary N) is 5. The maximum atomic E-state index is 12.1. The van der Waals surface area contributed by atoms with E-state index in [2.05, 4.69) is 254 Å². The number of guanidine groups is 2. The molecule has 0 heterocycles. The van der Waals surface area contributed by atoms with Crippen molar-refractivity contribution in [2.75, 3.05) is 35.5 Å². The molecule has 0 aliphatic rings. The normalized spacial score (nSPS) is 11.4. The molecule has 0 aliphatic carbocycles. The van der Waals surface area contributed by atoms with Gasteiger partial charge in [-0.25, -0.2) is 14.8 Å². The van der Waals surface area contributed by atoms with Crippen LogP contribution in [0.3, 0.4) is 0 Å². The maximum Gasteiger partial charge on any atom is 0.337 e. The molecule has 0 unspecified atom stereocenters. The Hall–Kier alpha value is -11.9. The third-order valence-electron chi connectivity index (χ3n) is 18.8. The van der Waals surface area contributed by atoms with Crippen molar-refractivity contribution in [2.45, 2.75) is 98.1 Å². The SMILES string of the molecule is COC(=O)c1ccc(-c2ccc3c(-c4ccc(C(C)(C)C)cc4)cccc3c2)c(CN=C(N)N)c1.COc1cc(CC(=N)N)c(-c2ccc3c(-c4ccc(C(C)(C)C)cc4)cccc3c2)cc1OC.COc1ccc(CN=C(N)N)c(-c2ccc3c(-c4ccc(C(C)(C)C)cc4)cccc3c2)c1OC. The Morgan fingerprint density at radius 2 is 0.760 bits per heavy atom. The number of amidine groups is 1. The average Bonchev–Trinajstić information content (AvgIpc) is 0.784. The van der Waals surface area contributed by atoms with Crippen molar-refractivity contribution in [1.82, 2.24) is 0 Å². The highest BCUT2D eigenvalue weighted by Crippen LogP contribution is 2.44. The number of aliphatic imine (C=N–C) groups is 2. The standard InChI is InChI=1S/C30H33N3O2.C30H31N3O2.C30H32N2O2/c1-30(2,3)23-13-9-19(10-14-23)24-8-6-7-20-17-21(11-15-25(20)24)27-22(18-33-29(31)32)12-16-26(34-4)28(27)35-5;1-30(2,3)24-12-8-19(9-13-24)26-7-5-6-20-16-21(10-15-27(20)26)25-14-11-22(28(34)35-4)17-23(25)18-33-29(31)32;1-30(2,3)23-12-9-19(10-13-23)24-8-6-7-20-15-21(11-14-25(20)24)26-18-28(34-5)27(33-4)16-22(26)17-29(31)32/h6-17H,18H2,1-5H3,(H4,31,32,33);5-17H,18H2,1-4H3,(H4,31,32,33);6-16,18H,17H2,1-5H3,(H3,31,32). The Morgan fingerprint density at radius 1 is 0.365 bits per heavy atom. The second-order valence-electron chi connectivity index (χ2n) is 29.0. The van der Waals surface area contributed by atoms with Crippen LogP contribution in [0.1, 0.15) is 106 Å². The molecule has 14 nitrogen and oxygen atoms in total. The summed E-state index contributed by atoms with van der Waals surface area (Å²) in [5.41, 5.74) is 48.7. The second kappa shape index (κ2) is 32.0. The summed E-state index contributed by atoms with van der Waals surface area (Å²) < 4.78 is 27.2. The van der Waals surface area contributed by atoms with Crippen molar-refractivity contribution in [3.05, 3.63) is 263 Å². The quantitative estimate of drug-likeness (QED) is 0.0284. The van der Waals surface area contributed by atoms with E-state index in [-0.39, 0.29) is 40.5 Å². The van der Waals surface area contributed by atoms with Gasteiger partial charge in [0.15, 0.2) is 34.9 Å². The van der Waals surface area contributed by atoms with E-state index in [9.17, 15) is 4.79 Å². The molecule has 0 radical (unpaired) electrons. The van der Waals surface area contributed by atoms with Crippen LogP contribution in [-0.4, -0.2) is 59.3 Å². The van der Waals surface area contributed by atoms with E-state index >= 15 is 0 Å². The van der Waals surface area contributed by atoms with Gasteiger partial charge in [-0.05, 0) is 192 Å². The second-order valence-corrected chi connectivity index (χ2v) is 29.0. The zero-order chi connectivity index (χ0) is 74.8. The summed E-state index contributed by atoms with van der Waals surface area (Å²) in [5.74, 6) is 2.35. The van der Waals surface area contributed by atoms with Gasteiger partial charge in [-0.3, -0.25) is 5.41 Å². The Balaban J connectivity index is 0.000000167. The molecule has 0 aliphatic heterocycles. The smallest absolute Gasteiger partial charge is 0.337 e. The van der Waals surface area contributed by atoms with E-state index in [4.69, 9.17) is 57.8 Å². The van der Waals surface area contributed by atoms with Gasteiger partial charge in [-0.15, -0.1) is 0 Å². The van der Waals surface area contributed by atoms with Gasteiger partial charge in [0.25, 0.3) is 0 Å². The lowest BCUT2D eigenvalue weighted by Gasteiger charge is -2.19. The fourth-order valence-electron chi connectivity index (χ4n) is 13.1. The van der Waals surface area contributed by atoms with E-state index in [1.54, 1.807) is 40.6 Å². The van der Waals surface area contributed by atoms with E-state index < -0.39 is 5.97 Å². The highest BCUT2D eigenvalue weighted by atomic mass is 16.5. The van der Waals surface area contributed by atoms with E-state index in [1.165, 1.54) is 73.3 Å². The molecule has 0 saturated heterocycles. The Bertz CT molecular complexity index is 5170. The highest BCUT2D eigenvalue weighted by Gasteiger charge is 2.22. The van der Waals surface area contributed by atoms with Gasteiger partial charge in [-0.2, -0.15) is 0 Å². The summed E-state index contributed by atoms with van der Waals surface area (Å²) in [6.45, 7) is 20.7. The van der Waals surface area contributed by atoms with Crippen LogP contribution in [0.4, 0.5) is 0 Å². The number of carbonyl (C=O) groups is 1. The number of fused-ring (bicyclic) bond motifs is 3. The van der Waals surface area contributed by atoms with Gasteiger partial charge >= 0.3 is 5.97 Å². The highest BCUT2D eigenvalue weighted by molar-refractivity contribution is 6.02. The maximum absolute atomic E-state index is 12.1. The van der Waals surface area contributed by atoms with Gasteiger partial charge in [0, 0.05) is 12.0 Å². The lowest BCUT2D eigenvalue weighted by atomic mass is 9.86. The number of benzene rings is 12. The predicted octanol–water partition coefficient (Wildman–Crippen LogP) is 19.3. The topological polar surface area (TPSA) is 242 Å². The molecule has 11 N–H and O–H groups in total. The molecule has 0 amide bonds. The number of methoxy groups -OCH3 is 5. The summed E-state index contributed by atoms with van der Waals surface area (Å²) >= 11 is 0. The number of nitrogens with zero attached hydrogens (tertiary/aromatic N) is 2. The first-order valence-electron chi connectivity index (χ1n) is 34.7. The van der Waals surface area contributed by atoms with Gasteiger partial charge in [0.1, 0.15) is 0 Å². The molecule has 0 atom stereocenters. The molecule has 12 rings (SSSR count). The summed E-state index contributed by atoms with van der Waals surface area (Å²) in [5, 5.41) is 14.8. The van der Waals surface area contributed by atoms with Gasteiger partial charge < -0.3 is 52.4 Å². The third kappa shape index (κ3) is 17.3. The lowest BCUT2D eigenvalue weighted by molar-refractivity contribution is 0.0600. The molecular formula is C90H96N8O6. The van der Waals surface area contributed by atoms with Crippen molar-refractivity contribution in [3.8, 4) is 89.8 Å². The number of hydrogen-bond donors (Lipinski definition) is 6. The Labute approximate surface area is 612 Å². The predicted molar refractivity (Wildman–Crippen MR) is 433 cm³/mol. The largest absolute Gasteiger partial charge is 0.493 e. The molecule has 104 heavy (non-hydrogen) atoms. The van der Waals surface area contributed by atoms with Crippen LogP contribution in [0.25, 0.3) is 99.1 Å². The molecule has 0 spiro atoms. The minimum absolute atomic E-state index is 0.0000495. The monoisotopic (exact) mass is 1380 g/mol. The van der Waals surface area contributed by atoms with Crippen molar-refractivity contribution in [1.29, 1.82) is 5.41 Å². The van der Waals surface area contributed by atoms with E-state index in [1.807, 2.05) is 30.3 Å². The lowest BCUT2D eigenvalue weighted by Crippen LogP contribution is -2.22. The Morgan fingerprint density at radius 3 is 1.15 bits per heavy atom. The van der Waals surface area contributed by atoms with Crippen LogP contribution < -0.4 is 47.6 Å². The fraction of sp³-hybridized carbons (Fsp3) is 0.222. The number of rotatable bonds is 17. The first kappa shape index (κ1) is 74.8. The molecule has 0 aromatic heterocycles. The molecular weight excluding hydrogens is 1290 g/mol. The number of carbonyl (C=O) groups excluding carboxylic acids is 1. The third-order valence-corrected chi connectivity index (χ3v) is 18.8. The molecule has 14 heteroatoms. The van der Waals surface area contributed by atoms with Crippen LogP contribution in [0.5, 0.6) is 23.0 Å². The van der Waals surface area contributed by atoms with Gasteiger partial charge in [-0.1, -0.05) is 238 Å². The van der Waals surface area contributed by atoms with E-state index in [0.717, 1.165) is 66.2 Å². The molecule has 532 valence electrons. The Kier molecular flexibility index (Phi) is 23.0. The first-order valence-corrected chi connectivity index (χ1v) is 34.7. The van der Waals surface area contributed by atoms with Crippen molar-refractivity contribution >= 4 is 56.0 Å². The van der Waals surface area contributed by atoms with Crippen molar-refractivity contribution in [2.24, 2.45) is 38.7 Å². The van der Waals surface area contributed by atoms with Crippen molar-refractivity contribution in [3.63, 3.8) is 0 Å². The zero-order valence-electron chi connectivity index (χ0n) is 62.2. The fourth-order valence-corrected chi connectivity index (χ4v) is 13.1. The van der Waals surface area contributed by atoms with Gasteiger partial charge in [0.05, 0.1) is 60.0 Å². The summed E-state index contributed by atoms with van der Waals surface area (Å²) in [6, 6.07) is 78.3. The summed E-state index contributed by atoms with van der Waals surface area (Å²) in [6.07, 6.45) is 0.341. The van der Waals surface area contributed by atoms with Gasteiger partial charge in [0.2, 0.25) is 0 Å². The molecule has 12 aromatic rings. The van der Waals surface area contributed by atoms with Crippen LogP contribution in [0, 0.1) is 5.41 Å². The average molecular weight is 1390 g/mol. The van der Waals surface area contributed by atoms with Crippen LogP contribution >= 0.6 is 0 Å². The molecule has 0 saturated carbocycles. The molecule has 0 fully saturated rings. The number of hydrogen-bond acceptors (Lipinski definition) is 9. The van der Waals surface area contributed by atoms with Crippen LogP contribution in [-0.2, 0) is 40.5 Å². The number of ether oxygens (including phenoxy) is 5. The van der Waals surface area contributed by atoms with E-state index in [0.29, 0.717) is 41.5 Å². The summed E-state index contributed by atoms with van der Waals surface area (Å²) in [7, 11) is 7.88. The minimum atomic E-state index is -0.400. The number of esters is 1. The van der Waals surface area contributed by atoms with Crippen LogP contribution in [0.15, 0.2) is 234 Å². The minimum Gasteiger partial charge on any atom is -0.493 e. The summed E-state index contributed by atoms with van der Waals surface area (Å²) in [4.78, 5) is 20.5. The molecule has 0 bridgehead atoms. The van der Waals surface area contributed by atoms with Crippen LogP contribution in [0.2, 0.25) is 0 Å². The first-order chi connectivity index (χ1) is 49.6. The molecule has 12 aromatic carbocycles.